The first-order valence-electron chi connectivity index (χ1n) is 9.05. The van der Waals surface area contributed by atoms with E-state index in [0.29, 0.717) is 39.5 Å². The van der Waals surface area contributed by atoms with Crippen LogP contribution in [0.15, 0.2) is 0 Å². The molecule has 0 aromatic carbocycles. The van der Waals surface area contributed by atoms with Crippen LogP contribution in [-0.4, -0.2) is 39.0 Å². The second kappa shape index (κ2) is 19.0. The molecule has 4 nitrogen and oxygen atoms in total. The molecule has 0 fully saturated rings. The summed E-state index contributed by atoms with van der Waals surface area (Å²) >= 11 is 0. The van der Waals surface area contributed by atoms with Crippen molar-refractivity contribution in [1.82, 2.24) is 0 Å². The van der Waals surface area contributed by atoms with Crippen molar-refractivity contribution in [3.63, 3.8) is 0 Å². The van der Waals surface area contributed by atoms with Gasteiger partial charge in [0.1, 0.15) is 13.2 Å². The van der Waals surface area contributed by atoms with Crippen molar-refractivity contribution < 1.29 is 19.0 Å². The second-order valence-electron chi connectivity index (χ2n) is 5.67. The van der Waals surface area contributed by atoms with Gasteiger partial charge in [-0.25, -0.2) is 0 Å². The molecular formula is C19H34O4. The summed E-state index contributed by atoms with van der Waals surface area (Å²) in [6.45, 7) is 4.19. The van der Waals surface area contributed by atoms with E-state index in [1.165, 1.54) is 44.9 Å². The second-order valence-corrected chi connectivity index (χ2v) is 5.67. The molecule has 0 aliphatic rings. The van der Waals surface area contributed by atoms with Crippen LogP contribution in [0.1, 0.15) is 71.1 Å². The third-order valence-electron chi connectivity index (χ3n) is 3.53. The van der Waals surface area contributed by atoms with Crippen LogP contribution in [0.25, 0.3) is 0 Å². The van der Waals surface area contributed by atoms with Crippen molar-refractivity contribution in [3.8, 4) is 12.3 Å². The SMILES string of the molecule is C#CCOCCOCCOC(=O)CCCCCCCCCCC. The highest BCUT2D eigenvalue weighted by Gasteiger charge is 2.02. The molecule has 0 radical (unpaired) electrons. The molecular weight excluding hydrogens is 292 g/mol. The number of rotatable bonds is 17. The van der Waals surface area contributed by atoms with Crippen LogP contribution in [0.5, 0.6) is 0 Å². The van der Waals surface area contributed by atoms with Crippen molar-refractivity contribution in [2.24, 2.45) is 0 Å². The van der Waals surface area contributed by atoms with E-state index in [-0.39, 0.29) is 5.97 Å². The topological polar surface area (TPSA) is 44.8 Å². The van der Waals surface area contributed by atoms with Gasteiger partial charge < -0.3 is 14.2 Å². The van der Waals surface area contributed by atoms with Crippen molar-refractivity contribution in [1.29, 1.82) is 0 Å². The van der Waals surface area contributed by atoms with E-state index >= 15 is 0 Å². The van der Waals surface area contributed by atoms with E-state index in [9.17, 15) is 4.79 Å². The number of unbranched alkanes of at least 4 members (excludes halogenated alkanes) is 8. The Balaban J connectivity index is 3.15. The molecule has 0 saturated carbocycles. The third kappa shape index (κ3) is 18.9. The van der Waals surface area contributed by atoms with Crippen LogP contribution in [0.2, 0.25) is 0 Å². The van der Waals surface area contributed by atoms with Crippen LogP contribution >= 0.6 is 0 Å². The zero-order valence-corrected chi connectivity index (χ0v) is 14.8. The molecule has 0 aliphatic carbocycles. The van der Waals surface area contributed by atoms with E-state index < -0.39 is 0 Å². The van der Waals surface area contributed by atoms with Crippen molar-refractivity contribution in [2.75, 3.05) is 33.0 Å². The maximum Gasteiger partial charge on any atom is 0.305 e. The number of carbonyl (C=O) groups is 1. The Bertz CT molecular complexity index is 296. The Morgan fingerprint density at radius 3 is 2.04 bits per heavy atom. The zero-order valence-electron chi connectivity index (χ0n) is 14.8. The lowest BCUT2D eigenvalue weighted by Gasteiger charge is -2.06. The first kappa shape index (κ1) is 21.9. The first-order valence-corrected chi connectivity index (χ1v) is 9.05. The average Bonchev–Trinajstić information content (AvgIpc) is 2.56. The summed E-state index contributed by atoms with van der Waals surface area (Å²) in [6.07, 6.45) is 16.8. The average molecular weight is 326 g/mol. The molecule has 0 bridgehead atoms. The number of hydrogen-bond donors (Lipinski definition) is 0. The van der Waals surface area contributed by atoms with Crippen molar-refractivity contribution >= 4 is 5.97 Å². The molecule has 0 atom stereocenters. The fourth-order valence-electron chi connectivity index (χ4n) is 2.22. The Morgan fingerprint density at radius 1 is 0.826 bits per heavy atom. The summed E-state index contributed by atoms with van der Waals surface area (Å²) < 4.78 is 15.4. The highest BCUT2D eigenvalue weighted by atomic mass is 16.6. The van der Waals surface area contributed by atoms with Gasteiger partial charge >= 0.3 is 5.97 Å². The predicted octanol–water partition coefficient (Wildman–Crippen LogP) is 4.12. The molecule has 0 N–H and O–H groups in total. The molecule has 0 spiro atoms. The van der Waals surface area contributed by atoms with E-state index in [4.69, 9.17) is 20.6 Å². The normalized spacial score (nSPS) is 10.4. The monoisotopic (exact) mass is 326 g/mol. The van der Waals surface area contributed by atoms with Gasteiger partial charge in [0.2, 0.25) is 0 Å². The molecule has 4 heteroatoms. The summed E-state index contributed by atoms with van der Waals surface area (Å²) in [7, 11) is 0. The van der Waals surface area contributed by atoms with Crippen LogP contribution in [-0.2, 0) is 19.0 Å². The molecule has 0 amide bonds. The maximum absolute atomic E-state index is 11.5. The van der Waals surface area contributed by atoms with Crippen LogP contribution in [0.3, 0.4) is 0 Å². The largest absolute Gasteiger partial charge is 0.463 e. The lowest BCUT2D eigenvalue weighted by atomic mass is 10.1. The molecule has 0 aromatic rings. The molecule has 134 valence electrons. The standard InChI is InChI=1S/C19H34O4/c1-3-5-6-7-8-9-10-11-12-13-19(20)23-18-17-22-16-15-21-14-4-2/h2H,3,5-18H2,1H3. The number of carbonyl (C=O) groups excluding carboxylic acids is 1. The quantitative estimate of drug-likeness (QED) is 0.229. The minimum absolute atomic E-state index is 0.125. The summed E-state index contributed by atoms with van der Waals surface area (Å²) in [5.41, 5.74) is 0. The van der Waals surface area contributed by atoms with E-state index in [1.807, 2.05) is 0 Å². The Kier molecular flexibility index (Phi) is 18.1. The molecule has 0 unspecified atom stereocenters. The molecule has 0 aliphatic heterocycles. The lowest BCUT2D eigenvalue weighted by Crippen LogP contribution is -2.12. The fraction of sp³-hybridized carbons (Fsp3) is 0.842. The van der Waals surface area contributed by atoms with Gasteiger partial charge in [-0.1, -0.05) is 64.2 Å². The minimum atomic E-state index is -0.125. The zero-order chi connectivity index (χ0) is 17.0. The molecule has 0 heterocycles. The Morgan fingerprint density at radius 2 is 1.39 bits per heavy atom. The van der Waals surface area contributed by atoms with Gasteiger partial charge in [0, 0.05) is 6.42 Å². The first-order chi connectivity index (χ1) is 11.3. The Labute approximate surface area is 142 Å². The van der Waals surface area contributed by atoms with Gasteiger partial charge in [0.05, 0.1) is 19.8 Å². The van der Waals surface area contributed by atoms with E-state index in [1.54, 1.807) is 0 Å². The van der Waals surface area contributed by atoms with Gasteiger partial charge in [0.15, 0.2) is 0 Å². The van der Waals surface area contributed by atoms with Crippen LogP contribution in [0.4, 0.5) is 0 Å². The fourth-order valence-corrected chi connectivity index (χ4v) is 2.22. The molecule has 23 heavy (non-hydrogen) atoms. The van der Waals surface area contributed by atoms with Crippen LogP contribution in [0, 0.1) is 12.3 Å². The van der Waals surface area contributed by atoms with Gasteiger partial charge in [-0.15, -0.1) is 6.42 Å². The van der Waals surface area contributed by atoms with E-state index in [0.717, 1.165) is 12.8 Å². The smallest absolute Gasteiger partial charge is 0.305 e. The highest BCUT2D eigenvalue weighted by molar-refractivity contribution is 5.69. The number of hydrogen-bond acceptors (Lipinski definition) is 4. The number of ether oxygens (including phenoxy) is 3. The van der Waals surface area contributed by atoms with Gasteiger partial charge in [-0.05, 0) is 6.42 Å². The van der Waals surface area contributed by atoms with Crippen molar-refractivity contribution in [3.05, 3.63) is 0 Å². The minimum Gasteiger partial charge on any atom is -0.463 e. The maximum atomic E-state index is 11.5. The molecule has 0 rings (SSSR count). The summed E-state index contributed by atoms with van der Waals surface area (Å²) in [4.78, 5) is 11.5. The van der Waals surface area contributed by atoms with Gasteiger partial charge in [-0.3, -0.25) is 4.79 Å². The number of terminal acetylenes is 1. The Hall–Kier alpha value is -1.05. The van der Waals surface area contributed by atoms with Crippen LogP contribution < -0.4 is 0 Å². The summed E-state index contributed by atoms with van der Waals surface area (Å²) in [5, 5.41) is 0. The number of esters is 1. The summed E-state index contributed by atoms with van der Waals surface area (Å²) in [6, 6.07) is 0. The van der Waals surface area contributed by atoms with Gasteiger partial charge in [0.25, 0.3) is 0 Å². The van der Waals surface area contributed by atoms with Crippen molar-refractivity contribution in [2.45, 2.75) is 71.1 Å². The predicted molar refractivity (Wildman–Crippen MR) is 93.3 cm³/mol. The molecule has 0 saturated heterocycles. The van der Waals surface area contributed by atoms with Gasteiger partial charge in [-0.2, -0.15) is 0 Å². The third-order valence-corrected chi connectivity index (χ3v) is 3.53. The highest BCUT2D eigenvalue weighted by Crippen LogP contribution is 2.10. The van der Waals surface area contributed by atoms with E-state index in [2.05, 4.69) is 12.8 Å². The molecule has 0 aromatic heterocycles. The summed E-state index contributed by atoms with van der Waals surface area (Å²) in [5.74, 6) is 2.26. The lowest BCUT2D eigenvalue weighted by molar-refractivity contribution is -0.145.